The summed E-state index contributed by atoms with van der Waals surface area (Å²) in [6, 6.07) is 0. The van der Waals surface area contributed by atoms with E-state index in [0.29, 0.717) is 23.4 Å². The molecule has 2 rings (SSSR count). The average molecular weight is 314 g/mol. The van der Waals surface area contributed by atoms with Gasteiger partial charge in [0.1, 0.15) is 5.82 Å². The monoisotopic (exact) mass is 314 g/mol. The number of sulfonamides is 1. The maximum atomic E-state index is 11.3. The van der Waals surface area contributed by atoms with Gasteiger partial charge < -0.3 is 5.32 Å². The van der Waals surface area contributed by atoms with Crippen molar-refractivity contribution in [2.45, 2.75) is 19.4 Å². The SMILES string of the molecule is CC(C)(CNc1nc(NN)nc2[nH]ncc12)NS(C)(=O)=O. The molecule has 0 unspecified atom stereocenters. The zero-order valence-electron chi connectivity index (χ0n) is 11.9. The normalized spacial score (nSPS) is 12.6. The lowest BCUT2D eigenvalue weighted by Crippen LogP contribution is -2.47. The van der Waals surface area contributed by atoms with Crippen LogP contribution >= 0.6 is 0 Å². The third kappa shape index (κ3) is 4.00. The van der Waals surface area contributed by atoms with Gasteiger partial charge in [0, 0.05) is 12.1 Å². The number of fused-ring (bicyclic) bond motifs is 1. The van der Waals surface area contributed by atoms with Crippen LogP contribution in [-0.4, -0.2) is 46.9 Å². The minimum absolute atomic E-state index is 0.225. The van der Waals surface area contributed by atoms with Crippen LogP contribution in [0.3, 0.4) is 0 Å². The molecule has 2 aromatic heterocycles. The van der Waals surface area contributed by atoms with Gasteiger partial charge in [0.2, 0.25) is 16.0 Å². The highest BCUT2D eigenvalue weighted by atomic mass is 32.2. The second-order valence-electron chi connectivity index (χ2n) is 5.28. The Kier molecular flexibility index (Phi) is 3.98. The van der Waals surface area contributed by atoms with E-state index < -0.39 is 15.6 Å². The van der Waals surface area contributed by atoms with Gasteiger partial charge in [-0.25, -0.2) is 19.0 Å². The molecule has 0 aliphatic rings. The molecule has 6 N–H and O–H groups in total. The lowest BCUT2D eigenvalue weighted by Gasteiger charge is -2.25. The molecule has 116 valence electrons. The largest absolute Gasteiger partial charge is 0.367 e. The number of anilines is 2. The summed E-state index contributed by atoms with van der Waals surface area (Å²) < 4.78 is 25.2. The van der Waals surface area contributed by atoms with E-state index >= 15 is 0 Å². The fourth-order valence-corrected chi connectivity index (χ4v) is 2.95. The zero-order valence-corrected chi connectivity index (χ0v) is 12.7. The van der Waals surface area contributed by atoms with Crippen LogP contribution in [0.1, 0.15) is 13.8 Å². The van der Waals surface area contributed by atoms with Crippen LogP contribution in [0.15, 0.2) is 6.20 Å². The van der Waals surface area contributed by atoms with Crippen molar-refractivity contribution in [3.63, 3.8) is 0 Å². The average Bonchev–Trinajstić information content (AvgIpc) is 2.80. The number of nitrogens with two attached hydrogens (primary N) is 1. The van der Waals surface area contributed by atoms with Gasteiger partial charge >= 0.3 is 0 Å². The standard InChI is InChI=1S/C10H18N8O2S/c1-10(2,18-21(3,19)20)5-12-7-6-4-13-17-8(6)15-9(14-7)16-11/h4,18H,5,11H2,1-3H3,(H3,12,13,14,15,16,17). The first-order valence-electron chi connectivity index (χ1n) is 6.11. The summed E-state index contributed by atoms with van der Waals surface area (Å²) in [6.45, 7) is 3.84. The maximum Gasteiger partial charge on any atom is 0.241 e. The molecular formula is C10H18N8O2S. The van der Waals surface area contributed by atoms with Crippen LogP contribution in [-0.2, 0) is 10.0 Å². The Morgan fingerprint density at radius 2 is 2.10 bits per heavy atom. The zero-order chi connectivity index (χ0) is 15.7. The number of aromatic amines is 1. The minimum atomic E-state index is -3.30. The molecule has 0 aliphatic carbocycles. The van der Waals surface area contributed by atoms with E-state index in [1.165, 1.54) is 0 Å². The Balaban J connectivity index is 2.21. The molecule has 21 heavy (non-hydrogen) atoms. The Morgan fingerprint density at radius 1 is 1.38 bits per heavy atom. The van der Waals surface area contributed by atoms with Gasteiger partial charge in [-0.05, 0) is 13.8 Å². The Hall–Kier alpha value is -1.98. The third-order valence-electron chi connectivity index (χ3n) is 2.60. The molecule has 2 aromatic rings. The fraction of sp³-hybridized carbons (Fsp3) is 0.500. The number of rotatable bonds is 6. The molecule has 0 bridgehead atoms. The van der Waals surface area contributed by atoms with Gasteiger partial charge in [0.25, 0.3) is 0 Å². The first kappa shape index (κ1) is 15.4. The van der Waals surface area contributed by atoms with Gasteiger partial charge in [-0.1, -0.05) is 0 Å². The van der Waals surface area contributed by atoms with Crippen molar-refractivity contribution in [3.8, 4) is 0 Å². The number of hydrogen-bond acceptors (Lipinski definition) is 8. The number of nitrogens with zero attached hydrogens (tertiary/aromatic N) is 3. The number of hydrazine groups is 1. The highest BCUT2D eigenvalue weighted by molar-refractivity contribution is 7.88. The van der Waals surface area contributed by atoms with Gasteiger partial charge in [-0.2, -0.15) is 15.1 Å². The number of nitrogens with one attached hydrogen (secondary N) is 4. The van der Waals surface area contributed by atoms with Crippen molar-refractivity contribution in [3.05, 3.63) is 6.20 Å². The molecule has 0 aliphatic heterocycles. The van der Waals surface area contributed by atoms with Crippen molar-refractivity contribution in [2.24, 2.45) is 5.84 Å². The van der Waals surface area contributed by atoms with Crippen LogP contribution in [0.5, 0.6) is 0 Å². The Labute approximate surface area is 121 Å². The summed E-state index contributed by atoms with van der Waals surface area (Å²) >= 11 is 0. The molecule has 0 radical (unpaired) electrons. The Morgan fingerprint density at radius 3 is 2.71 bits per heavy atom. The predicted molar refractivity (Wildman–Crippen MR) is 80.0 cm³/mol. The fourth-order valence-electron chi connectivity index (χ4n) is 1.88. The molecular weight excluding hydrogens is 296 g/mol. The lowest BCUT2D eigenvalue weighted by molar-refractivity contribution is 0.476. The van der Waals surface area contributed by atoms with Gasteiger partial charge in [-0.3, -0.25) is 10.5 Å². The molecule has 0 saturated heterocycles. The van der Waals surface area contributed by atoms with Gasteiger partial charge in [0.15, 0.2) is 5.65 Å². The lowest BCUT2D eigenvalue weighted by atomic mass is 10.1. The number of aromatic nitrogens is 4. The topological polar surface area (TPSA) is 151 Å². The summed E-state index contributed by atoms with van der Waals surface area (Å²) in [4.78, 5) is 8.30. The molecule has 0 aromatic carbocycles. The van der Waals surface area contributed by atoms with Crippen molar-refractivity contribution < 1.29 is 8.42 Å². The highest BCUT2D eigenvalue weighted by Gasteiger charge is 2.22. The summed E-state index contributed by atoms with van der Waals surface area (Å²) in [7, 11) is -3.30. The van der Waals surface area contributed by atoms with Crippen molar-refractivity contribution >= 4 is 32.8 Å². The predicted octanol–water partition coefficient (Wildman–Crippen LogP) is -0.622. The maximum absolute atomic E-state index is 11.3. The second kappa shape index (κ2) is 5.42. The molecule has 0 spiro atoms. The van der Waals surface area contributed by atoms with E-state index in [0.717, 1.165) is 6.26 Å². The van der Waals surface area contributed by atoms with Crippen LogP contribution in [0.2, 0.25) is 0 Å². The van der Waals surface area contributed by atoms with E-state index in [9.17, 15) is 8.42 Å². The number of nitrogen functional groups attached to an aromatic ring is 1. The van der Waals surface area contributed by atoms with Gasteiger partial charge in [0.05, 0.1) is 17.8 Å². The molecule has 2 heterocycles. The quantitative estimate of drug-likeness (QED) is 0.349. The first-order valence-corrected chi connectivity index (χ1v) is 8.00. The van der Waals surface area contributed by atoms with Crippen LogP contribution in [0.4, 0.5) is 11.8 Å². The van der Waals surface area contributed by atoms with E-state index in [1.54, 1.807) is 20.0 Å². The van der Waals surface area contributed by atoms with E-state index in [-0.39, 0.29) is 5.95 Å². The number of hydrogen-bond donors (Lipinski definition) is 5. The molecule has 0 amide bonds. The summed E-state index contributed by atoms with van der Waals surface area (Å²) in [5.74, 6) is 6.04. The van der Waals surface area contributed by atoms with E-state index in [1.807, 2.05) is 0 Å². The summed E-state index contributed by atoms with van der Waals surface area (Å²) in [6.07, 6.45) is 2.69. The highest BCUT2D eigenvalue weighted by Crippen LogP contribution is 2.20. The van der Waals surface area contributed by atoms with Crippen molar-refractivity contribution in [1.29, 1.82) is 0 Å². The smallest absolute Gasteiger partial charge is 0.241 e. The summed E-state index contributed by atoms with van der Waals surface area (Å²) in [5, 5.41) is 10.4. The second-order valence-corrected chi connectivity index (χ2v) is 7.03. The first-order chi connectivity index (χ1) is 9.70. The minimum Gasteiger partial charge on any atom is -0.367 e. The summed E-state index contributed by atoms with van der Waals surface area (Å²) in [5.41, 5.74) is 2.20. The van der Waals surface area contributed by atoms with Crippen LogP contribution < -0.4 is 21.3 Å². The van der Waals surface area contributed by atoms with E-state index in [2.05, 4.69) is 35.6 Å². The third-order valence-corrected chi connectivity index (χ3v) is 3.52. The Bertz CT molecular complexity index is 739. The molecule has 0 saturated carbocycles. The molecule has 0 atom stereocenters. The van der Waals surface area contributed by atoms with Crippen LogP contribution in [0.25, 0.3) is 11.0 Å². The molecule has 10 nitrogen and oxygen atoms in total. The number of H-pyrrole nitrogens is 1. The van der Waals surface area contributed by atoms with E-state index in [4.69, 9.17) is 5.84 Å². The molecule has 0 fully saturated rings. The van der Waals surface area contributed by atoms with Crippen molar-refractivity contribution in [2.75, 3.05) is 23.5 Å². The molecule has 11 heteroatoms. The van der Waals surface area contributed by atoms with Gasteiger partial charge in [-0.15, -0.1) is 0 Å². The van der Waals surface area contributed by atoms with Crippen molar-refractivity contribution in [1.82, 2.24) is 24.9 Å². The van der Waals surface area contributed by atoms with Crippen LogP contribution in [0, 0.1) is 0 Å².